The van der Waals surface area contributed by atoms with Gasteiger partial charge in [-0.15, -0.1) is 0 Å². The summed E-state index contributed by atoms with van der Waals surface area (Å²) in [6.45, 7) is 1.66. The van der Waals surface area contributed by atoms with Crippen LogP contribution in [0, 0.1) is 0 Å². The molecule has 3 heterocycles. The molecule has 0 aromatic rings. The fraction of sp³-hybridized carbons (Fsp3) is 0.836. The predicted octanol–water partition coefficient (Wildman–Crippen LogP) is 7.99. The van der Waals surface area contributed by atoms with Gasteiger partial charge in [-0.2, -0.15) is 0 Å². The Morgan fingerprint density at radius 1 is 0.419 bits per heavy atom. The zero-order chi connectivity index (χ0) is 62.6. The van der Waals surface area contributed by atoms with Crippen LogP contribution in [0.4, 0.5) is 0 Å². The summed E-state index contributed by atoms with van der Waals surface area (Å²) in [6, 6.07) is -1.01. The summed E-state index contributed by atoms with van der Waals surface area (Å²) in [5, 5.41) is 120. The number of nitrogens with one attached hydrogen (secondary N) is 1. The second-order valence-electron chi connectivity index (χ2n) is 23.9. The Labute approximate surface area is 515 Å². The lowest BCUT2D eigenvalue weighted by atomic mass is 9.96. The first-order chi connectivity index (χ1) is 41.8. The standard InChI is InChI=1S/C67H119NO18/c1-3-5-7-9-11-13-15-17-19-20-21-22-23-24-25-26-27-28-29-31-32-34-36-38-40-42-44-51(72)50(68-55(73)45-43-41-39-37-35-33-30-18-16-14-12-10-8-6-4-2)49-81-65-61(79)58(76)63(53(47-70)83-65)86-67-62(80)59(77)64(54(48-71)84-67)85-66-60(78)57(75)56(74)52(46-69)82-66/h12,14,18,28-30,34,36,42,44,50-54,56-67,69-72,74-80H,3-11,13,15-17,19-27,31-33,35,37-41,43,45-49H2,1-2H3,(H,68,73)/b14-12-,29-28+,30-18-,36-34+,44-42+. The first-order valence-corrected chi connectivity index (χ1v) is 33.5. The molecule has 0 aliphatic carbocycles. The van der Waals surface area contributed by atoms with Gasteiger partial charge < -0.3 is 89.9 Å². The van der Waals surface area contributed by atoms with Crippen molar-refractivity contribution in [3.05, 3.63) is 60.8 Å². The molecule has 0 radical (unpaired) electrons. The Balaban J connectivity index is 1.47. The molecule has 0 bridgehead atoms. The van der Waals surface area contributed by atoms with E-state index in [0.717, 1.165) is 70.6 Å². The third-order valence-corrected chi connectivity index (χ3v) is 16.5. The molecule has 86 heavy (non-hydrogen) atoms. The molecule has 1 amide bonds. The van der Waals surface area contributed by atoms with Crippen LogP contribution < -0.4 is 5.32 Å². The summed E-state index contributed by atoms with van der Waals surface area (Å²) in [4.78, 5) is 13.3. The van der Waals surface area contributed by atoms with Crippen molar-refractivity contribution in [1.29, 1.82) is 0 Å². The van der Waals surface area contributed by atoms with Crippen LogP contribution in [0.15, 0.2) is 60.8 Å². The number of hydrogen-bond donors (Lipinski definition) is 12. The van der Waals surface area contributed by atoms with Crippen LogP contribution in [-0.2, 0) is 33.2 Å². The van der Waals surface area contributed by atoms with Crippen LogP contribution in [0.25, 0.3) is 0 Å². The minimum Gasteiger partial charge on any atom is -0.394 e. The van der Waals surface area contributed by atoms with E-state index >= 15 is 0 Å². The molecule has 17 unspecified atom stereocenters. The molecule has 3 aliphatic rings. The van der Waals surface area contributed by atoms with E-state index in [2.05, 4.69) is 67.8 Å². The van der Waals surface area contributed by atoms with E-state index in [1.165, 1.54) is 122 Å². The molecule has 0 aromatic carbocycles. The van der Waals surface area contributed by atoms with E-state index in [0.29, 0.717) is 12.8 Å². The molecule has 3 fully saturated rings. The third kappa shape index (κ3) is 31.5. The largest absolute Gasteiger partial charge is 0.394 e. The summed E-state index contributed by atoms with van der Waals surface area (Å²) in [5.74, 6) is -0.305. The van der Waals surface area contributed by atoms with Crippen LogP contribution in [0.1, 0.15) is 226 Å². The van der Waals surface area contributed by atoms with E-state index in [1.807, 2.05) is 6.08 Å². The highest BCUT2D eigenvalue weighted by Gasteiger charge is 2.53. The van der Waals surface area contributed by atoms with E-state index in [4.69, 9.17) is 28.4 Å². The van der Waals surface area contributed by atoms with Gasteiger partial charge in [0.2, 0.25) is 5.91 Å². The van der Waals surface area contributed by atoms with Crippen molar-refractivity contribution in [3.63, 3.8) is 0 Å². The monoisotopic (exact) mass is 1230 g/mol. The number of aliphatic hydroxyl groups excluding tert-OH is 11. The van der Waals surface area contributed by atoms with Gasteiger partial charge in [0, 0.05) is 6.42 Å². The van der Waals surface area contributed by atoms with E-state index in [1.54, 1.807) is 6.08 Å². The van der Waals surface area contributed by atoms with Gasteiger partial charge >= 0.3 is 0 Å². The molecule has 12 N–H and O–H groups in total. The van der Waals surface area contributed by atoms with Gasteiger partial charge in [-0.25, -0.2) is 0 Å². The van der Waals surface area contributed by atoms with Crippen molar-refractivity contribution < 1.29 is 89.4 Å². The third-order valence-electron chi connectivity index (χ3n) is 16.5. The second-order valence-corrected chi connectivity index (χ2v) is 23.9. The maximum atomic E-state index is 13.3. The van der Waals surface area contributed by atoms with E-state index < -0.39 is 124 Å². The summed E-state index contributed by atoms with van der Waals surface area (Å²) in [7, 11) is 0. The average Bonchev–Trinajstić information content (AvgIpc) is 2.24. The SMILES string of the molecule is CCCCC/C=C\C/C=C\CCCCCCCC(=O)NC(COC1OC(CO)C(OC2OC(CO)C(OC3OC(CO)C(O)C(O)C3O)C(O)C2O)C(O)C1O)C(O)/C=C/CC/C=C/CC/C=C/CCCCCCCCCCCCCCCCCC. The smallest absolute Gasteiger partial charge is 0.220 e. The van der Waals surface area contributed by atoms with Crippen LogP contribution in [0.5, 0.6) is 0 Å². The topological polar surface area (TPSA) is 307 Å². The van der Waals surface area contributed by atoms with Gasteiger partial charge in [-0.05, 0) is 77.0 Å². The Morgan fingerprint density at radius 2 is 0.779 bits per heavy atom. The fourth-order valence-electron chi connectivity index (χ4n) is 11.0. The molecular formula is C67H119NO18. The molecule has 0 saturated carbocycles. The van der Waals surface area contributed by atoms with Gasteiger partial charge in [0.1, 0.15) is 73.2 Å². The van der Waals surface area contributed by atoms with Gasteiger partial charge in [0.05, 0.1) is 38.6 Å². The number of aliphatic hydroxyl groups is 11. The summed E-state index contributed by atoms with van der Waals surface area (Å²) in [5.41, 5.74) is 0. The van der Waals surface area contributed by atoms with Crippen molar-refractivity contribution >= 4 is 5.91 Å². The summed E-state index contributed by atoms with van der Waals surface area (Å²) < 4.78 is 34.3. The lowest BCUT2D eigenvalue weighted by Crippen LogP contribution is -2.66. The van der Waals surface area contributed by atoms with Gasteiger partial charge in [0.25, 0.3) is 0 Å². The number of rotatable bonds is 50. The lowest BCUT2D eigenvalue weighted by molar-refractivity contribution is -0.379. The van der Waals surface area contributed by atoms with Gasteiger partial charge in [-0.1, -0.05) is 203 Å². The second kappa shape index (κ2) is 49.2. The van der Waals surface area contributed by atoms with Crippen molar-refractivity contribution in [2.75, 3.05) is 26.4 Å². The number of carbonyl (C=O) groups excluding carboxylic acids is 1. The fourth-order valence-corrected chi connectivity index (χ4v) is 11.0. The summed E-state index contributed by atoms with van der Waals surface area (Å²) >= 11 is 0. The average molecular weight is 1230 g/mol. The Kier molecular flexibility index (Phi) is 44.5. The molecule has 0 aromatic heterocycles. The zero-order valence-electron chi connectivity index (χ0n) is 52.5. The molecule has 500 valence electrons. The summed E-state index contributed by atoms with van der Waals surface area (Å²) in [6.07, 6.45) is 32.1. The molecule has 3 aliphatic heterocycles. The van der Waals surface area contributed by atoms with Crippen molar-refractivity contribution in [1.82, 2.24) is 5.32 Å². The quantitative estimate of drug-likeness (QED) is 0.0203. The lowest BCUT2D eigenvalue weighted by Gasteiger charge is -2.48. The number of hydrogen-bond acceptors (Lipinski definition) is 18. The normalized spacial score (nSPS) is 29.2. The molecule has 3 rings (SSSR count). The number of carbonyl (C=O) groups is 1. The highest BCUT2D eigenvalue weighted by atomic mass is 16.8. The Hall–Kier alpha value is -2.51. The van der Waals surface area contributed by atoms with Crippen molar-refractivity contribution in [2.45, 2.75) is 330 Å². The van der Waals surface area contributed by atoms with Crippen LogP contribution in [0.3, 0.4) is 0 Å². The highest BCUT2D eigenvalue weighted by Crippen LogP contribution is 2.33. The van der Waals surface area contributed by atoms with E-state index in [9.17, 15) is 61.0 Å². The number of ether oxygens (including phenoxy) is 6. The number of unbranched alkanes of at least 4 members (excludes halogenated alkanes) is 26. The molecule has 3 saturated heterocycles. The maximum Gasteiger partial charge on any atom is 0.220 e. The first kappa shape index (κ1) is 77.7. The zero-order valence-corrected chi connectivity index (χ0v) is 52.5. The van der Waals surface area contributed by atoms with Crippen molar-refractivity contribution in [3.8, 4) is 0 Å². The molecule has 0 spiro atoms. The van der Waals surface area contributed by atoms with Crippen LogP contribution in [0.2, 0.25) is 0 Å². The highest BCUT2D eigenvalue weighted by molar-refractivity contribution is 5.76. The Bertz CT molecular complexity index is 1800. The number of allylic oxidation sites excluding steroid dienone is 9. The molecule has 19 heteroatoms. The molecular weight excluding hydrogens is 1110 g/mol. The first-order valence-electron chi connectivity index (χ1n) is 33.5. The van der Waals surface area contributed by atoms with Crippen LogP contribution >= 0.6 is 0 Å². The van der Waals surface area contributed by atoms with Gasteiger partial charge in [-0.3, -0.25) is 4.79 Å². The minimum absolute atomic E-state index is 0.214. The molecule has 17 atom stereocenters. The Morgan fingerprint density at radius 3 is 1.26 bits per heavy atom. The minimum atomic E-state index is -1.99. The predicted molar refractivity (Wildman–Crippen MR) is 332 cm³/mol. The maximum absolute atomic E-state index is 13.3. The van der Waals surface area contributed by atoms with Gasteiger partial charge in [0.15, 0.2) is 18.9 Å². The van der Waals surface area contributed by atoms with E-state index in [-0.39, 0.29) is 18.9 Å². The van der Waals surface area contributed by atoms with Crippen molar-refractivity contribution in [2.24, 2.45) is 0 Å². The number of amides is 1. The van der Waals surface area contributed by atoms with Crippen LogP contribution in [-0.4, -0.2) is 193 Å². The molecule has 19 nitrogen and oxygen atoms in total.